The lowest BCUT2D eigenvalue weighted by atomic mass is 10.00. The van der Waals surface area contributed by atoms with Gasteiger partial charge in [0.25, 0.3) is 0 Å². The summed E-state index contributed by atoms with van der Waals surface area (Å²) in [7, 11) is 2.22. The zero-order valence-electron chi connectivity index (χ0n) is 13.5. The van der Waals surface area contributed by atoms with E-state index in [9.17, 15) is 0 Å². The van der Waals surface area contributed by atoms with Crippen molar-refractivity contribution in [3.63, 3.8) is 0 Å². The predicted molar refractivity (Wildman–Crippen MR) is 89.3 cm³/mol. The van der Waals surface area contributed by atoms with Crippen LogP contribution >= 0.6 is 0 Å². The van der Waals surface area contributed by atoms with Gasteiger partial charge in [-0.3, -0.25) is 0 Å². The van der Waals surface area contributed by atoms with Crippen molar-refractivity contribution in [2.45, 2.75) is 38.3 Å². The van der Waals surface area contributed by atoms with Crippen LogP contribution in [0, 0.1) is 0 Å². The van der Waals surface area contributed by atoms with Crippen LogP contribution in [0.25, 0.3) is 11.2 Å². The molecule has 0 aromatic carbocycles. The molecule has 0 bridgehead atoms. The Morgan fingerprint density at radius 2 is 2.22 bits per heavy atom. The first kappa shape index (κ1) is 14.5. The number of likely N-dealkylation sites (tertiary alicyclic amines) is 1. The van der Waals surface area contributed by atoms with E-state index < -0.39 is 0 Å². The number of pyridine rings is 1. The average Bonchev–Trinajstić information content (AvgIpc) is 3.19. The Kier molecular flexibility index (Phi) is 3.87. The van der Waals surface area contributed by atoms with Crippen molar-refractivity contribution in [1.29, 1.82) is 0 Å². The summed E-state index contributed by atoms with van der Waals surface area (Å²) >= 11 is 0. The summed E-state index contributed by atoms with van der Waals surface area (Å²) in [6.45, 7) is 1.87. The van der Waals surface area contributed by atoms with Crippen molar-refractivity contribution >= 4 is 11.2 Å². The summed E-state index contributed by atoms with van der Waals surface area (Å²) in [6.07, 6.45) is 8.38. The third-order valence-electron chi connectivity index (χ3n) is 4.82. The molecule has 1 aliphatic rings. The number of rotatable bonds is 4. The van der Waals surface area contributed by atoms with Crippen LogP contribution in [-0.2, 0) is 13.0 Å². The summed E-state index contributed by atoms with van der Waals surface area (Å²) in [5.41, 5.74) is 1.91. The highest BCUT2D eigenvalue weighted by molar-refractivity contribution is 5.71. The van der Waals surface area contributed by atoms with Gasteiger partial charge < -0.3 is 13.9 Å². The predicted octanol–water partition coefficient (Wildman–Crippen LogP) is 3.10. The largest absolute Gasteiger partial charge is 0.467 e. The number of likely N-dealkylation sites (N-methyl/N-ethyl adjacent to an activating group) is 1. The monoisotopic (exact) mass is 310 g/mol. The summed E-state index contributed by atoms with van der Waals surface area (Å²) in [5, 5.41) is 0. The van der Waals surface area contributed by atoms with E-state index in [4.69, 9.17) is 9.40 Å². The summed E-state index contributed by atoms with van der Waals surface area (Å²) in [5.74, 6) is 2.04. The Morgan fingerprint density at radius 3 is 3.04 bits per heavy atom. The zero-order chi connectivity index (χ0) is 15.6. The van der Waals surface area contributed by atoms with Crippen LogP contribution in [0.4, 0.5) is 0 Å². The minimum atomic E-state index is 0.566. The average molecular weight is 310 g/mol. The van der Waals surface area contributed by atoms with Crippen LogP contribution in [0.2, 0.25) is 0 Å². The molecule has 1 atom stereocenters. The quantitative estimate of drug-likeness (QED) is 0.743. The lowest BCUT2D eigenvalue weighted by Gasteiger charge is -2.32. The molecule has 0 aliphatic carbocycles. The van der Waals surface area contributed by atoms with Gasteiger partial charge in [0.1, 0.15) is 17.1 Å². The second kappa shape index (κ2) is 6.16. The maximum absolute atomic E-state index is 5.54. The summed E-state index contributed by atoms with van der Waals surface area (Å²) < 4.78 is 7.74. The highest BCUT2D eigenvalue weighted by Gasteiger charge is 2.23. The van der Waals surface area contributed by atoms with E-state index in [0.29, 0.717) is 12.6 Å². The first-order valence-electron chi connectivity index (χ1n) is 8.34. The topological polar surface area (TPSA) is 47.1 Å². The minimum absolute atomic E-state index is 0.566. The van der Waals surface area contributed by atoms with Gasteiger partial charge in [-0.15, -0.1) is 0 Å². The Bertz CT molecular complexity index is 778. The molecule has 3 aromatic heterocycles. The molecule has 3 aromatic rings. The molecular weight excluding hydrogens is 288 g/mol. The Balaban J connectivity index is 1.69. The molecule has 120 valence electrons. The van der Waals surface area contributed by atoms with Crippen molar-refractivity contribution < 1.29 is 4.42 Å². The van der Waals surface area contributed by atoms with Gasteiger partial charge in [-0.1, -0.05) is 6.42 Å². The Labute approximate surface area is 135 Å². The van der Waals surface area contributed by atoms with Crippen LogP contribution in [0.5, 0.6) is 0 Å². The smallest absolute Gasteiger partial charge is 0.160 e. The fourth-order valence-electron chi connectivity index (χ4n) is 3.50. The molecule has 1 aliphatic heterocycles. The lowest BCUT2D eigenvalue weighted by Crippen LogP contribution is -2.38. The normalized spacial score (nSPS) is 19.4. The van der Waals surface area contributed by atoms with Crippen LogP contribution in [-0.4, -0.2) is 39.1 Å². The zero-order valence-corrected chi connectivity index (χ0v) is 13.5. The molecule has 0 amide bonds. The van der Waals surface area contributed by atoms with Gasteiger partial charge in [-0.05, 0) is 50.7 Å². The molecule has 0 radical (unpaired) electrons. The molecule has 0 saturated carbocycles. The number of piperidine rings is 1. The van der Waals surface area contributed by atoms with Gasteiger partial charge in [0, 0.05) is 18.7 Å². The summed E-state index contributed by atoms with van der Waals surface area (Å²) in [6, 6.07) is 8.48. The fraction of sp³-hybridized carbons (Fsp3) is 0.444. The number of imidazole rings is 1. The van der Waals surface area contributed by atoms with Crippen molar-refractivity contribution in [3.05, 3.63) is 48.3 Å². The van der Waals surface area contributed by atoms with E-state index in [1.165, 1.54) is 25.8 Å². The van der Waals surface area contributed by atoms with Gasteiger partial charge in [-0.2, -0.15) is 0 Å². The Hall–Kier alpha value is -2.14. The molecule has 0 N–H and O–H groups in total. The first-order valence-corrected chi connectivity index (χ1v) is 8.34. The van der Waals surface area contributed by atoms with E-state index in [0.717, 1.165) is 29.2 Å². The Morgan fingerprint density at radius 1 is 1.26 bits per heavy atom. The van der Waals surface area contributed by atoms with E-state index in [1.54, 1.807) is 6.26 Å². The van der Waals surface area contributed by atoms with Crippen LogP contribution in [0.1, 0.15) is 30.8 Å². The third kappa shape index (κ3) is 2.88. The maximum atomic E-state index is 5.54. The number of hydrogen-bond acceptors (Lipinski definition) is 4. The number of nitrogens with zero attached hydrogens (tertiary/aromatic N) is 4. The van der Waals surface area contributed by atoms with E-state index in [1.807, 2.05) is 30.5 Å². The number of fused-ring (bicyclic) bond motifs is 1. The molecule has 4 rings (SSSR count). The van der Waals surface area contributed by atoms with Gasteiger partial charge in [0.2, 0.25) is 0 Å². The highest BCUT2D eigenvalue weighted by Crippen LogP contribution is 2.22. The van der Waals surface area contributed by atoms with Crippen molar-refractivity contribution in [3.8, 4) is 0 Å². The number of aromatic nitrogens is 3. The molecule has 4 heterocycles. The third-order valence-corrected chi connectivity index (χ3v) is 4.82. The second-order valence-electron chi connectivity index (χ2n) is 6.37. The maximum Gasteiger partial charge on any atom is 0.160 e. The van der Waals surface area contributed by atoms with Gasteiger partial charge in [0.05, 0.1) is 12.8 Å². The molecule has 0 spiro atoms. The van der Waals surface area contributed by atoms with Crippen molar-refractivity contribution in [2.75, 3.05) is 13.6 Å². The molecular formula is C18H22N4O. The summed E-state index contributed by atoms with van der Waals surface area (Å²) in [4.78, 5) is 11.9. The number of hydrogen-bond donors (Lipinski definition) is 0. The van der Waals surface area contributed by atoms with Crippen LogP contribution in [0.15, 0.2) is 41.1 Å². The lowest BCUT2D eigenvalue weighted by molar-refractivity contribution is 0.181. The van der Waals surface area contributed by atoms with E-state index in [-0.39, 0.29) is 0 Å². The molecule has 5 heteroatoms. The van der Waals surface area contributed by atoms with Crippen molar-refractivity contribution in [1.82, 2.24) is 19.4 Å². The fourth-order valence-corrected chi connectivity index (χ4v) is 3.50. The molecule has 23 heavy (non-hydrogen) atoms. The van der Waals surface area contributed by atoms with Gasteiger partial charge in [0.15, 0.2) is 5.65 Å². The number of furan rings is 1. The minimum Gasteiger partial charge on any atom is -0.467 e. The molecule has 1 unspecified atom stereocenters. The van der Waals surface area contributed by atoms with Gasteiger partial charge in [-0.25, -0.2) is 9.97 Å². The standard InChI is InChI=1S/C18H22N4O/c1-21-10-3-2-6-14(21)12-17-20-16-8-4-9-19-18(16)22(17)13-15-7-5-11-23-15/h4-5,7-9,11,14H,2-3,6,10,12-13H2,1H3. The highest BCUT2D eigenvalue weighted by atomic mass is 16.3. The van der Waals surface area contributed by atoms with E-state index >= 15 is 0 Å². The van der Waals surface area contributed by atoms with Gasteiger partial charge >= 0.3 is 0 Å². The van der Waals surface area contributed by atoms with E-state index in [2.05, 4.69) is 21.5 Å². The molecule has 5 nitrogen and oxygen atoms in total. The second-order valence-corrected chi connectivity index (χ2v) is 6.37. The van der Waals surface area contributed by atoms with Crippen LogP contribution < -0.4 is 0 Å². The van der Waals surface area contributed by atoms with Crippen molar-refractivity contribution in [2.24, 2.45) is 0 Å². The first-order chi connectivity index (χ1) is 11.3. The van der Waals surface area contributed by atoms with Crippen LogP contribution in [0.3, 0.4) is 0 Å². The molecule has 1 fully saturated rings. The SMILES string of the molecule is CN1CCCCC1Cc1nc2cccnc2n1Cc1ccco1. The molecule has 1 saturated heterocycles.